The normalized spacial score (nSPS) is 13.9. The highest BCUT2D eigenvalue weighted by Crippen LogP contribution is 2.23. The lowest BCUT2D eigenvalue weighted by atomic mass is 10.3. The van der Waals surface area contributed by atoms with Crippen LogP contribution < -0.4 is 10.2 Å². The molecule has 4 heterocycles. The molecule has 0 unspecified atom stereocenters. The van der Waals surface area contributed by atoms with E-state index in [4.69, 9.17) is 5.11 Å². The molecule has 1 aliphatic heterocycles. The Morgan fingerprint density at radius 1 is 1.10 bits per heavy atom. The van der Waals surface area contributed by atoms with E-state index in [9.17, 15) is 9.59 Å². The van der Waals surface area contributed by atoms with Gasteiger partial charge in [0.1, 0.15) is 16.5 Å². The Bertz CT molecular complexity index is 1000. The molecule has 1 saturated heterocycles. The molecule has 0 aliphatic carbocycles. The summed E-state index contributed by atoms with van der Waals surface area (Å²) in [4.78, 5) is 39.7. The molecule has 0 saturated carbocycles. The fourth-order valence-corrected chi connectivity index (χ4v) is 3.76. The van der Waals surface area contributed by atoms with Crippen molar-refractivity contribution < 1.29 is 14.7 Å². The lowest BCUT2D eigenvalue weighted by Gasteiger charge is -2.33. The fraction of sp³-hybridized carbons (Fsp3) is 0.211. The van der Waals surface area contributed by atoms with Gasteiger partial charge in [0, 0.05) is 49.5 Å². The van der Waals surface area contributed by atoms with Crippen LogP contribution in [0.2, 0.25) is 0 Å². The lowest BCUT2D eigenvalue weighted by molar-refractivity contribution is 0.102. The maximum atomic E-state index is 12.5. The first kappa shape index (κ1) is 18.8. The molecule has 3 aromatic heterocycles. The van der Waals surface area contributed by atoms with Crippen molar-refractivity contribution in [2.24, 2.45) is 0 Å². The highest BCUT2D eigenvalue weighted by atomic mass is 32.1. The number of carbonyl (C=O) groups excluding carboxylic acids is 1. The quantitative estimate of drug-likeness (QED) is 0.680. The Labute approximate surface area is 170 Å². The lowest BCUT2D eigenvalue weighted by Crippen LogP contribution is -2.48. The number of amides is 2. The molecule has 148 valence electrons. The number of aromatic nitrogens is 3. The van der Waals surface area contributed by atoms with Crippen molar-refractivity contribution in [3.63, 3.8) is 0 Å². The summed E-state index contributed by atoms with van der Waals surface area (Å²) in [5, 5.41) is 14.3. The van der Waals surface area contributed by atoms with Crippen molar-refractivity contribution >= 4 is 34.8 Å². The van der Waals surface area contributed by atoms with Gasteiger partial charge in [-0.2, -0.15) is 0 Å². The second kappa shape index (κ2) is 8.23. The zero-order valence-electron chi connectivity index (χ0n) is 15.4. The van der Waals surface area contributed by atoms with Crippen LogP contribution in [0.1, 0.15) is 10.5 Å². The predicted octanol–water partition coefficient (Wildman–Crippen LogP) is 2.65. The molecule has 0 radical (unpaired) electrons. The highest BCUT2D eigenvalue weighted by molar-refractivity contribution is 7.13. The van der Waals surface area contributed by atoms with Crippen LogP contribution in [0.3, 0.4) is 0 Å². The van der Waals surface area contributed by atoms with Crippen LogP contribution in [-0.4, -0.2) is 63.1 Å². The zero-order chi connectivity index (χ0) is 20.2. The van der Waals surface area contributed by atoms with E-state index in [1.165, 1.54) is 16.2 Å². The third kappa shape index (κ3) is 4.32. The molecule has 0 bridgehead atoms. The summed E-state index contributed by atoms with van der Waals surface area (Å²) >= 11 is 1.38. The summed E-state index contributed by atoms with van der Waals surface area (Å²) in [6.45, 7) is 2.05. The minimum atomic E-state index is -0.899. The van der Waals surface area contributed by atoms with Crippen molar-refractivity contribution in [1.82, 2.24) is 19.9 Å². The summed E-state index contributed by atoms with van der Waals surface area (Å²) < 4.78 is 0. The summed E-state index contributed by atoms with van der Waals surface area (Å²) in [5.41, 5.74) is 1.77. The number of hydrogen-bond donors (Lipinski definition) is 2. The van der Waals surface area contributed by atoms with Crippen molar-refractivity contribution in [2.45, 2.75) is 0 Å². The Balaban J connectivity index is 1.37. The average Bonchev–Trinajstić information content (AvgIpc) is 3.26. The molecule has 0 spiro atoms. The predicted molar refractivity (Wildman–Crippen MR) is 109 cm³/mol. The van der Waals surface area contributed by atoms with Crippen molar-refractivity contribution in [3.8, 4) is 10.6 Å². The molecule has 3 aromatic rings. The summed E-state index contributed by atoms with van der Waals surface area (Å²) in [6.07, 6.45) is 4.09. The SMILES string of the molecule is O=C(Nc1ccc(N2CCN(C(=O)O)CC2)nc1)c1csc(-c2cccnc2)n1. The first-order chi connectivity index (χ1) is 14.1. The van der Waals surface area contributed by atoms with Crippen LogP contribution in [0.5, 0.6) is 0 Å². The van der Waals surface area contributed by atoms with Gasteiger partial charge in [-0.15, -0.1) is 11.3 Å². The van der Waals surface area contributed by atoms with Gasteiger partial charge in [-0.05, 0) is 24.3 Å². The number of thiazole rings is 1. The second-order valence-corrected chi connectivity index (χ2v) is 7.25. The molecule has 1 aliphatic rings. The third-order valence-electron chi connectivity index (χ3n) is 4.53. The van der Waals surface area contributed by atoms with Gasteiger partial charge in [0.05, 0.1) is 11.9 Å². The van der Waals surface area contributed by atoms with Crippen LogP contribution in [0.25, 0.3) is 10.6 Å². The number of carbonyl (C=O) groups is 2. The van der Waals surface area contributed by atoms with E-state index in [0.717, 1.165) is 16.4 Å². The molecule has 9 nitrogen and oxygen atoms in total. The van der Waals surface area contributed by atoms with E-state index in [2.05, 4.69) is 20.3 Å². The van der Waals surface area contributed by atoms with Crippen LogP contribution >= 0.6 is 11.3 Å². The molecular formula is C19H18N6O3S. The summed E-state index contributed by atoms with van der Waals surface area (Å²) in [5.74, 6) is 0.446. The number of piperazine rings is 1. The molecule has 10 heteroatoms. The molecule has 1 fully saturated rings. The van der Waals surface area contributed by atoms with Crippen LogP contribution in [-0.2, 0) is 0 Å². The van der Waals surface area contributed by atoms with Crippen molar-refractivity contribution in [2.75, 3.05) is 36.4 Å². The smallest absolute Gasteiger partial charge is 0.407 e. The van der Waals surface area contributed by atoms with Gasteiger partial charge in [-0.1, -0.05) is 0 Å². The van der Waals surface area contributed by atoms with Gasteiger partial charge in [0.25, 0.3) is 5.91 Å². The minimum absolute atomic E-state index is 0.305. The first-order valence-corrected chi connectivity index (χ1v) is 9.84. The van der Waals surface area contributed by atoms with Gasteiger partial charge in [-0.25, -0.2) is 14.8 Å². The van der Waals surface area contributed by atoms with Gasteiger partial charge in [0.15, 0.2) is 0 Å². The van der Waals surface area contributed by atoms with Crippen molar-refractivity contribution in [1.29, 1.82) is 0 Å². The van der Waals surface area contributed by atoms with Gasteiger partial charge >= 0.3 is 6.09 Å². The molecule has 29 heavy (non-hydrogen) atoms. The number of anilines is 2. The number of hydrogen-bond acceptors (Lipinski definition) is 7. The van der Waals surface area contributed by atoms with Gasteiger partial charge in [-0.3, -0.25) is 9.78 Å². The van der Waals surface area contributed by atoms with Crippen LogP contribution in [0, 0.1) is 0 Å². The number of rotatable bonds is 4. The van der Waals surface area contributed by atoms with Crippen LogP contribution in [0.4, 0.5) is 16.3 Å². The van der Waals surface area contributed by atoms with Gasteiger partial charge < -0.3 is 20.2 Å². The Morgan fingerprint density at radius 2 is 1.93 bits per heavy atom. The summed E-state index contributed by atoms with van der Waals surface area (Å²) in [6, 6.07) is 7.31. The zero-order valence-corrected chi connectivity index (χ0v) is 16.2. The van der Waals surface area contributed by atoms with Crippen LogP contribution in [0.15, 0.2) is 48.2 Å². The molecule has 4 rings (SSSR count). The fourth-order valence-electron chi connectivity index (χ4n) is 2.97. The first-order valence-electron chi connectivity index (χ1n) is 8.96. The van der Waals surface area contributed by atoms with E-state index in [0.29, 0.717) is 37.6 Å². The number of nitrogens with one attached hydrogen (secondary N) is 1. The molecule has 2 N–H and O–H groups in total. The Hall–Kier alpha value is -3.53. The minimum Gasteiger partial charge on any atom is -0.465 e. The van der Waals surface area contributed by atoms with E-state index < -0.39 is 6.09 Å². The molecule has 2 amide bonds. The highest BCUT2D eigenvalue weighted by Gasteiger charge is 2.21. The van der Waals surface area contributed by atoms with E-state index in [1.807, 2.05) is 23.1 Å². The molecule has 0 aromatic carbocycles. The number of pyridine rings is 2. The maximum Gasteiger partial charge on any atom is 0.407 e. The second-order valence-electron chi connectivity index (χ2n) is 6.40. The van der Waals surface area contributed by atoms with E-state index >= 15 is 0 Å². The summed E-state index contributed by atoms with van der Waals surface area (Å²) in [7, 11) is 0. The Kier molecular flexibility index (Phi) is 5.34. The largest absolute Gasteiger partial charge is 0.465 e. The Morgan fingerprint density at radius 3 is 2.59 bits per heavy atom. The van der Waals surface area contributed by atoms with E-state index in [-0.39, 0.29) is 5.91 Å². The number of carboxylic acid groups (broad SMARTS) is 1. The third-order valence-corrected chi connectivity index (χ3v) is 5.42. The standard InChI is InChI=1S/C19H18N6O3S/c26-17(15-12-29-18(23-15)13-2-1-5-20-10-13)22-14-3-4-16(21-11-14)24-6-8-25(9-7-24)19(27)28/h1-5,10-12H,6-9H2,(H,22,26)(H,27,28). The van der Waals surface area contributed by atoms with Crippen molar-refractivity contribution in [3.05, 3.63) is 53.9 Å². The molecule has 0 atom stereocenters. The monoisotopic (exact) mass is 410 g/mol. The van der Waals surface area contributed by atoms with E-state index in [1.54, 1.807) is 30.0 Å². The molecular weight excluding hydrogens is 392 g/mol. The maximum absolute atomic E-state index is 12.5. The average molecular weight is 410 g/mol. The topological polar surface area (TPSA) is 112 Å². The number of nitrogens with zero attached hydrogens (tertiary/aromatic N) is 5. The van der Waals surface area contributed by atoms with Gasteiger partial charge in [0.2, 0.25) is 0 Å².